The highest BCUT2D eigenvalue weighted by Gasteiger charge is 2.24. The summed E-state index contributed by atoms with van der Waals surface area (Å²) in [7, 11) is 0. The van der Waals surface area contributed by atoms with Gasteiger partial charge in [-0.25, -0.2) is 14.2 Å². The minimum absolute atomic E-state index is 0.219. The van der Waals surface area contributed by atoms with Gasteiger partial charge >= 0.3 is 5.97 Å². The third kappa shape index (κ3) is 5.60. The number of aliphatic imine (C=N–C) groups is 1. The maximum Gasteiger partial charge on any atom is 0.363 e. The number of nitrogens with zero attached hydrogens (tertiary/aromatic N) is 1. The lowest BCUT2D eigenvalue weighted by molar-refractivity contribution is -0.129. The summed E-state index contributed by atoms with van der Waals surface area (Å²) in [5.41, 5.74) is 3.77. The van der Waals surface area contributed by atoms with Gasteiger partial charge in [-0.3, -0.25) is 0 Å². The number of hydrogen-bond donors (Lipinski definition) is 0. The van der Waals surface area contributed by atoms with E-state index in [-0.39, 0.29) is 18.1 Å². The molecule has 168 valence electrons. The molecule has 4 rings (SSSR count). The molecule has 3 aromatic carbocycles. The van der Waals surface area contributed by atoms with Gasteiger partial charge in [0.15, 0.2) is 5.70 Å². The Morgan fingerprint density at radius 1 is 1.03 bits per heavy atom. The monoisotopic (exact) mass is 571 g/mol. The van der Waals surface area contributed by atoms with Crippen LogP contribution in [-0.4, -0.2) is 11.9 Å². The number of rotatable bonds is 6. The molecule has 1 aliphatic rings. The summed E-state index contributed by atoms with van der Waals surface area (Å²) >= 11 is 7.04. The summed E-state index contributed by atoms with van der Waals surface area (Å²) < 4.78 is 25.7. The topological polar surface area (TPSA) is 47.9 Å². The predicted octanol–water partition coefficient (Wildman–Crippen LogP) is 7.40. The summed E-state index contributed by atoms with van der Waals surface area (Å²) in [4.78, 5) is 16.8. The van der Waals surface area contributed by atoms with E-state index in [0.29, 0.717) is 26.5 Å². The first-order chi connectivity index (χ1) is 15.8. The predicted molar refractivity (Wildman–Crippen MR) is 134 cm³/mol. The van der Waals surface area contributed by atoms with E-state index in [1.807, 2.05) is 36.4 Å². The number of ether oxygens (including phenoxy) is 2. The fraction of sp³-hybridized carbons (Fsp3) is 0.154. The number of benzene rings is 3. The van der Waals surface area contributed by atoms with Crippen molar-refractivity contribution in [3.8, 4) is 5.75 Å². The Morgan fingerprint density at radius 2 is 1.67 bits per heavy atom. The van der Waals surface area contributed by atoms with Gasteiger partial charge in [-0.15, -0.1) is 0 Å². The molecule has 0 fully saturated rings. The zero-order valence-corrected chi connectivity index (χ0v) is 21.1. The van der Waals surface area contributed by atoms with Crippen molar-refractivity contribution >= 4 is 49.8 Å². The smallest absolute Gasteiger partial charge is 0.363 e. The molecule has 0 aliphatic carbocycles. The lowest BCUT2D eigenvalue weighted by Gasteiger charge is -2.11. The maximum atomic E-state index is 13.1. The SMILES string of the molecule is CC(C)c1ccc(C2=N/C(=C\c3cc(Br)c(OCc4ccc(F)cc4)c(Br)c3)C(=O)O2)cc1. The largest absolute Gasteiger partial charge is 0.487 e. The van der Waals surface area contributed by atoms with Gasteiger partial charge in [0.05, 0.1) is 8.95 Å². The van der Waals surface area contributed by atoms with E-state index in [1.165, 1.54) is 17.7 Å². The molecule has 0 unspecified atom stereocenters. The van der Waals surface area contributed by atoms with Crippen molar-refractivity contribution < 1.29 is 18.7 Å². The van der Waals surface area contributed by atoms with Crippen molar-refractivity contribution in [3.05, 3.63) is 103 Å². The van der Waals surface area contributed by atoms with Crippen molar-refractivity contribution in [1.82, 2.24) is 0 Å². The third-order valence-electron chi connectivity index (χ3n) is 5.07. The number of hydrogen-bond acceptors (Lipinski definition) is 4. The van der Waals surface area contributed by atoms with Crippen LogP contribution in [0.25, 0.3) is 6.08 Å². The number of halogens is 3. The second-order valence-electron chi connectivity index (χ2n) is 7.84. The van der Waals surface area contributed by atoms with Crippen LogP contribution in [0, 0.1) is 5.82 Å². The van der Waals surface area contributed by atoms with Crippen LogP contribution >= 0.6 is 31.9 Å². The number of carbonyl (C=O) groups is 1. The van der Waals surface area contributed by atoms with Crippen LogP contribution in [0.2, 0.25) is 0 Å². The number of cyclic esters (lactones) is 1. The normalized spacial score (nSPS) is 14.5. The van der Waals surface area contributed by atoms with Gasteiger partial charge in [-0.05, 0) is 96.9 Å². The molecule has 0 bridgehead atoms. The Hall–Kier alpha value is -2.77. The summed E-state index contributed by atoms with van der Waals surface area (Å²) in [6, 6.07) is 17.6. The standard InChI is InChI=1S/C26H20Br2FNO3/c1-15(2)18-5-7-19(8-6-18)25-30-23(26(31)33-25)13-17-11-21(27)24(22(28)12-17)32-14-16-3-9-20(29)10-4-16/h3-13,15H,14H2,1-2H3/b23-13-. The molecular weight excluding hydrogens is 553 g/mol. The molecular formula is C26H20Br2FNO3. The quantitative estimate of drug-likeness (QED) is 0.228. The van der Waals surface area contributed by atoms with E-state index >= 15 is 0 Å². The van der Waals surface area contributed by atoms with Crippen LogP contribution in [0.3, 0.4) is 0 Å². The van der Waals surface area contributed by atoms with Crippen LogP contribution in [0.15, 0.2) is 80.3 Å². The molecule has 0 saturated carbocycles. The minimum atomic E-state index is -0.498. The molecule has 33 heavy (non-hydrogen) atoms. The Labute approximate surface area is 208 Å². The molecule has 0 amide bonds. The van der Waals surface area contributed by atoms with E-state index in [4.69, 9.17) is 9.47 Å². The first kappa shape index (κ1) is 23.4. The molecule has 1 heterocycles. The first-order valence-corrected chi connectivity index (χ1v) is 11.9. The zero-order chi connectivity index (χ0) is 23.5. The molecule has 1 aliphatic heterocycles. The fourth-order valence-electron chi connectivity index (χ4n) is 3.24. The number of esters is 1. The second-order valence-corrected chi connectivity index (χ2v) is 9.55. The highest BCUT2D eigenvalue weighted by molar-refractivity contribution is 9.11. The molecule has 7 heteroatoms. The van der Waals surface area contributed by atoms with Crippen molar-refractivity contribution in [2.75, 3.05) is 0 Å². The molecule has 0 aromatic heterocycles. The van der Waals surface area contributed by atoms with Gasteiger partial charge in [-0.2, -0.15) is 0 Å². The number of carbonyl (C=O) groups excluding carboxylic acids is 1. The highest BCUT2D eigenvalue weighted by Crippen LogP contribution is 2.36. The Bertz CT molecular complexity index is 1230. The van der Waals surface area contributed by atoms with Gasteiger partial charge in [0.2, 0.25) is 5.90 Å². The van der Waals surface area contributed by atoms with E-state index in [0.717, 1.165) is 16.7 Å². The summed E-state index contributed by atoms with van der Waals surface area (Å²) in [5, 5.41) is 0. The van der Waals surface area contributed by atoms with Crippen molar-refractivity contribution in [2.24, 2.45) is 4.99 Å². The molecule has 4 nitrogen and oxygen atoms in total. The van der Waals surface area contributed by atoms with Crippen LogP contribution in [0.1, 0.15) is 42.0 Å². The van der Waals surface area contributed by atoms with Crippen LogP contribution < -0.4 is 4.74 Å². The Kier molecular flexibility index (Phi) is 7.10. The first-order valence-electron chi connectivity index (χ1n) is 10.3. The molecule has 0 spiro atoms. The van der Waals surface area contributed by atoms with Gasteiger partial charge in [0.1, 0.15) is 18.2 Å². The summed E-state index contributed by atoms with van der Waals surface area (Å²) in [6.45, 7) is 4.53. The van der Waals surface area contributed by atoms with Crippen LogP contribution in [-0.2, 0) is 16.1 Å². The van der Waals surface area contributed by atoms with E-state index in [2.05, 4.69) is 50.7 Å². The summed E-state index contributed by atoms with van der Waals surface area (Å²) in [6.07, 6.45) is 1.66. The van der Waals surface area contributed by atoms with Crippen LogP contribution in [0.4, 0.5) is 4.39 Å². The van der Waals surface area contributed by atoms with Crippen molar-refractivity contribution in [1.29, 1.82) is 0 Å². The fourth-order valence-corrected chi connectivity index (χ4v) is 4.69. The molecule has 3 aromatic rings. The molecule has 0 atom stereocenters. The third-order valence-corrected chi connectivity index (χ3v) is 6.24. The Balaban J connectivity index is 1.53. The second kappa shape index (κ2) is 10.0. The van der Waals surface area contributed by atoms with Gasteiger partial charge in [0, 0.05) is 5.56 Å². The summed E-state index contributed by atoms with van der Waals surface area (Å²) in [5.74, 6) is 0.523. The van der Waals surface area contributed by atoms with Gasteiger partial charge in [0.25, 0.3) is 0 Å². The molecule has 0 radical (unpaired) electrons. The minimum Gasteiger partial charge on any atom is -0.487 e. The average Bonchev–Trinajstić information content (AvgIpc) is 3.14. The van der Waals surface area contributed by atoms with E-state index < -0.39 is 5.97 Å². The van der Waals surface area contributed by atoms with Gasteiger partial charge in [-0.1, -0.05) is 38.1 Å². The molecule has 0 N–H and O–H groups in total. The Morgan fingerprint density at radius 3 is 2.27 bits per heavy atom. The maximum absolute atomic E-state index is 13.1. The average molecular weight is 573 g/mol. The van der Waals surface area contributed by atoms with E-state index in [1.54, 1.807) is 18.2 Å². The van der Waals surface area contributed by atoms with Crippen molar-refractivity contribution in [3.63, 3.8) is 0 Å². The highest BCUT2D eigenvalue weighted by atomic mass is 79.9. The lowest BCUT2D eigenvalue weighted by Crippen LogP contribution is -2.05. The van der Waals surface area contributed by atoms with Crippen molar-refractivity contribution in [2.45, 2.75) is 26.4 Å². The zero-order valence-electron chi connectivity index (χ0n) is 17.9. The molecule has 0 saturated heterocycles. The van der Waals surface area contributed by atoms with Crippen LogP contribution in [0.5, 0.6) is 5.75 Å². The van der Waals surface area contributed by atoms with E-state index in [9.17, 15) is 9.18 Å². The van der Waals surface area contributed by atoms with Gasteiger partial charge < -0.3 is 9.47 Å². The lowest BCUT2D eigenvalue weighted by atomic mass is 10.0.